The SMILES string of the molecule is COc1ccc(C(=O)c2coc3ccc(O)c(C[NH+]4CCCCC4)c23)cc1. The Morgan fingerprint density at radius 1 is 1.11 bits per heavy atom. The lowest BCUT2D eigenvalue weighted by Gasteiger charge is -2.24. The molecule has 0 amide bonds. The molecule has 2 aromatic carbocycles. The minimum atomic E-state index is -0.114. The number of ether oxygens (including phenoxy) is 1. The van der Waals surface area contributed by atoms with Gasteiger partial charge in [0.1, 0.15) is 29.9 Å². The Labute approximate surface area is 158 Å². The van der Waals surface area contributed by atoms with Gasteiger partial charge in [0.05, 0.1) is 31.3 Å². The lowest BCUT2D eigenvalue weighted by atomic mass is 9.98. The number of piperidine rings is 1. The molecule has 1 aromatic heterocycles. The van der Waals surface area contributed by atoms with Crippen molar-refractivity contribution in [2.45, 2.75) is 25.8 Å². The fourth-order valence-corrected chi connectivity index (χ4v) is 3.91. The van der Waals surface area contributed by atoms with Crippen LogP contribution in [0.4, 0.5) is 0 Å². The molecule has 0 unspecified atom stereocenters. The fraction of sp³-hybridized carbons (Fsp3) is 0.318. The van der Waals surface area contributed by atoms with E-state index in [1.165, 1.54) is 30.4 Å². The van der Waals surface area contributed by atoms with E-state index in [1.54, 1.807) is 43.5 Å². The number of hydrogen-bond donors (Lipinski definition) is 2. The minimum absolute atomic E-state index is 0.114. The zero-order valence-electron chi connectivity index (χ0n) is 15.5. The topological polar surface area (TPSA) is 64.1 Å². The Morgan fingerprint density at radius 2 is 1.85 bits per heavy atom. The van der Waals surface area contributed by atoms with Crippen molar-refractivity contribution in [2.24, 2.45) is 0 Å². The minimum Gasteiger partial charge on any atom is -0.507 e. The van der Waals surface area contributed by atoms with E-state index >= 15 is 0 Å². The molecule has 2 N–H and O–H groups in total. The number of aromatic hydroxyl groups is 1. The van der Waals surface area contributed by atoms with E-state index in [9.17, 15) is 9.90 Å². The number of hydrogen-bond acceptors (Lipinski definition) is 4. The van der Waals surface area contributed by atoms with Crippen LogP contribution < -0.4 is 9.64 Å². The summed E-state index contributed by atoms with van der Waals surface area (Å²) in [5.41, 5.74) is 2.50. The first-order valence-corrected chi connectivity index (χ1v) is 9.41. The smallest absolute Gasteiger partial charge is 0.196 e. The van der Waals surface area contributed by atoms with E-state index < -0.39 is 0 Å². The van der Waals surface area contributed by atoms with Crippen molar-refractivity contribution >= 4 is 16.8 Å². The molecule has 4 rings (SSSR count). The number of benzene rings is 2. The van der Waals surface area contributed by atoms with Gasteiger partial charge in [-0.3, -0.25) is 4.79 Å². The number of methoxy groups -OCH3 is 1. The lowest BCUT2D eigenvalue weighted by molar-refractivity contribution is -0.918. The highest BCUT2D eigenvalue weighted by Gasteiger charge is 2.24. The second-order valence-corrected chi connectivity index (χ2v) is 7.13. The molecule has 27 heavy (non-hydrogen) atoms. The molecule has 1 fully saturated rings. The van der Waals surface area contributed by atoms with Gasteiger partial charge in [-0.15, -0.1) is 0 Å². The van der Waals surface area contributed by atoms with Gasteiger partial charge in [0, 0.05) is 10.9 Å². The molecule has 1 aliphatic heterocycles. The molecule has 0 saturated carbocycles. The molecule has 0 atom stereocenters. The number of likely N-dealkylation sites (tertiary alicyclic amines) is 1. The van der Waals surface area contributed by atoms with Crippen molar-refractivity contribution in [1.82, 2.24) is 0 Å². The summed E-state index contributed by atoms with van der Waals surface area (Å²) >= 11 is 0. The molecule has 0 aliphatic carbocycles. The molecular weight excluding hydrogens is 342 g/mol. The second kappa shape index (κ2) is 7.45. The first-order chi connectivity index (χ1) is 13.2. The van der Waals surface area contributed by atoms with Crippen molar-refractivity contribution in [3.05, 3.63) is 59.4 Å². The van der Waals surface area contributed by atoms with Crippen LogP contribution in [0.2, 0.25) is 0 Å². The molecule has 5 heteroatoms. The third kappa shape index (κ3) is 3.43. The summed E-state index contributed by atoms with van der Waals surface area (Å²) in [5.74, 6) is 0.818. The summed E-state index contributed by atoms with van der Waals surface area (Å²) in [6.45, 7) is 2.89. The van der Waals surface area contributed by atoms with Gasteiger partial charge in [-0.1, -0.05) is 0 Å². The van der Waals surface area contributed by atoms with Gasteiger partial charge in [-0.05, 0) is 55.7 Å². The fourth-order valence-electron chi connectivity index (χ4n) is 3.91. The van der Waals surface area contributed by atoms with E-state index in [1.807, 2.05) is 0 Å². The molecule has 5 nitrogen and oxygen atoms in total. The Bertz CT molecular complexity index is 952. The molecule has 0 bridgehead atoms. The van der Waals surface area contributed by atoms with E-state index in [4.69, 9.17) is 9.15 Å². The predicted molar refractivity (Wildman–Crippen MR) is 103 cm³/mol. The van der Waals surface area contributed by atoms with Crippen LogP contribution in [0.1, 0.15) is 40.7 Å². The van der Waals surface area contributed by atoms with E-state index in [-0.39, 0.29) is 11.5 Å². The third-order valence-electron chi connectivity index (χ3n) is 5.41. The normalized spacial score (nSPS) is 15.1. The Hall–Kier alpha value is -2.79. The summed E-state index contributed by atoms with van der Waals surface area (Å²) in [4.78, 5) is 14.5. The van der Waals surface area contributed by atoms with Gasteiger partial charge in [-0.2, -0.15) is 0 Å². The standard InChI is InChI=1S/C22H23NO4/c1-26-16-7-5-15(6-8-16)22(25)18-14-27-20-10-9-19(24)17(21(18)20)13-23-11-3-2-4-12-23/h5-10,14,24H,2-4,11-13H2,1H3/p+1. The number of quaternary nitrogens is 1. The van der Waals surface area contributed by atoms with Gasteiger partial charge < -0.3 is 19.2 Å². The number of phenolic OH excluding ortho intramolecular Hbond substituents is 1. The number of furan rings is 1. The second-order valence-electron chi connectivity index (χ2n) is 7.13. The quantitative estimate of drug-likeness (QED) is 0.682. The van der Waals surface area contributed by atoms with E-state index in [2.05, 4.69) is 0 Å². The zero-order valence-corrected chi connectivity index (χ0v) is 15.5. The Kier molecular flexibility index (Phi) is 4.86. The van der Waals surface area contributed by atoms with Crippen LogP contribution in [-0.4, -0.2) is 31.1 Å². The number of carbonyl (C=O) groups excluding carboxylic acids is 1. The highest BCUT2D eigenvalue weighted by atomic mass is 16.5. The van der Waals surface area contributed by atoms with Gasteiger partial charge >= 0.3 is 0 Å². The molecular formula is C22H24NO4+. The van der Waals surface area contributed by atoms with Gasteiger partial charge in [0.15, 0.2) is 5.78 Å². The van der Waals surface area contributed by atoms with Gasteiger partial charge in [0.2, 0.25) is 0 Å². The maximum atomic E-state index is 13.1. The van der Waals surface area contributed by atoms with Gasteiger partial charge in [-0.25, -0.2) is 0 Å². The van der Waals surface area contributed by atoms with Crippen molar-refractivity contribution in [3.63, 3.8) is 0 Å². The molecule has 1 saturated heterocycles. The van der Waals surface area contributed by atoms with Crippen LogP contribution in [0.5, 0.6) is 11.5 Å². The van der Waals surface area contributed by atoms with E-state index in [0.29, 0.717) is 29.0 Å². The summed E-state index contributed by atoms with van der Waals surface area (Å²) in [6, 6.07) is 10.4. The Morgan fingerprint density at radius 3 is 2.56 bits per heavy atom. The predicted octanol–water partition coefficient (Wildman–Crippen LogP) is 2.95. The summed E-state index contributed by atoms with van der Waals surface area (Å²) in [6.07, 6.45) is 5.18. The number of rotatable bonds is 5. The number of ketones is 1. The van der Waals surface area contributed by atoms with Crippen LogP contribution in [0.25, 0.3) is 11.0 Å². The van der Waals surface area contributed by atoms with Crippen LogP contribution in [0, 0.1) is 0 Å². The molecule has 0 radical (unpaired) electrons. The number of phenols is 1. The van der Waals surface area contributed by atoms with Gasteiger partial charge in [0.25, 0.3) is 0 Å². The maximum absolute atomic E-state index is 13.1. The molecule has 1 aliphatic rings. The van der Waals surface area contributed by atoms with Crippen LogP contribution in [0.15, 0.2) is 47.1 Å². The number of nitrogens with one attached hydrogen (secondary N) is 1. The highest BCUT2D eigenvalue weighted by molar-refractivity contribution is 6.16. The summed E-state index contributed by atoms with van der Waals surface area (Å²) in [5, 5.41) is 11.3. The van der Waals surface area contributed by atoms with Crippen LogP contribution >= 0.6 is 0 Å². The largest absolute Gasteiger partial charge is 0.507 e. The molecule has 140 valence electrons. The zero-order chi connectivity index (χ0) is 18.8. The molecule has 0 spiro atoms. The first kappa shape index (κ1) is 17.6. The third-order valence-corrected chi connectivity index (χ3v) is 5.41. The van der Waals surface area contributed by atoms with Crippen molar-refractivity contribution < 1.29 is 24.0 Å². The maximum Gasteiger partial charge on any atom is 0.196 e. The average molecular weight is 366 g/mol. The number of fused-ring (bicyclic) bond motifs is 1. The van der Waals surface area contributed by atoms with E-state index in [0.717, 1.165) is 24.0 Å². The van der Waals surface area contributed by atoms with Crippen LogP contribution in [0.3, 0.4) is 0 Å². The van der Waals surface area contributed by atoms with Crippen molar-refractivity contribution in [2.75, 3.05) is 20.2 Å². The highest BCUT2D eigenvalue weighted by Crippen LogP contribution is 2.32. The first-order valence-electron chi connectivity index (χ1n) is 9.41. The monoisotopic (exact) mass is 366 g/mol. The van der Waals surface area contributed by atoms with Crippen molar-refractivity contribution in [3.8, 4) is 11.5 Å². The molecule has 3 aromatic rings. The summed E-state index contributed by atoms with van der Waals surface area (Å²) in [7, 11) is 1.60. The van der Waals surface area contributed by atoms with Crippen molar-refractivity contribution in [1.29, 1.82) is 0 Å². The molecule has 2 heterocycles. The number of carbonyl (C=O) groups is 1. The van der Waals surface area contributed by atoms with Crippen LogP contribution in [-0.2, 0) is 6.54 Å². The average Bonchev–Trinajstić information content (AvgIpc) is 3.15. The lowest BCUT2D eigenvalue weighted by Crippen LogP contribution is -3.11. The Balaban J connectivity index is 1.74. The summed E-state index contributed by atoms with van der Waals surface area (Å²) < 4.78 is 10.8.